The smallest absolute Gasteiger partial charge is 0.331 e. The van der Waals surface area contributed by atoms with Crippen LogP contribution in [-0.4, -0.2) is 19.0 Å². The number of amides is 1. The first-order chi connectivity index (χ1) is 7.22. The highest BCUT2D eigenvalue weighted by molar-refractivity contribution is 6.33. The number of hydrogen-bond donors (Lipinski definition) is 1. The largest absolute Gasteiger partial charge is 0.466 e. The van der Waals surface area contributed by atoms with Crippen molar-refractivity contribution in [1.82, 2.24) is 0 Å². The Bertz CT molecular complexity index is 463. The molecule has 1 N–H and O–H groups in total. The maximum Gasteiger partial charge on any atom is 0.331 e. The monoisotopic (exact) mass is 203 g/mol. The number of anilines is 1. The lowest BCUT2D eigenvalue weighted by atomic mass is 10.1. The Labute approximate surface area is 86.5 Å². The lowest BCUT2D eigenvalue weighted by Gasteiger charge is -1.96. The highest BCUT2D eigenvalue weighted by atomic mass is 16.5. The molecule has 0 aromatic heterocycles. The molecule has 1 amide bonds. The van der Waals surface area contributed by atoms with Crippen LogP contribution in [0, 0.1) is 0 Å². The van der Waals surface area contributed by atoms with Crippen molar-refractivity contribution in [2.24, 2.45) is 0 Å². The van der Waals surface area contributed by atoms with Gasteiger partial charge in [-0.25, -0.2) is 4.79 Å². The molecule has 4 nitrogen and oxygen atoms in total. The Balaban J connectivity index is 2.46. The molecule has 0 spiro atoms. The molecule has 1 aromatic rings. The molecule has 2 rings (SSSR count). The van der Waals surface area contributed by atoms with E-state index in [1.165, 1.54) is 13.2 Å². The molecule has 4 heteroatoms. The summed E-state index contributed by atoms with van der Waals surface area (Å²) in [6.07, 6.45) is 1.20. The number of ether oxygens (including phenoxy) is 1. The van der Waals surface area contributed by atoms with Crippen LogP contribution in [0.4, 0.5) is 5.69 Å². The standard InChI is InChI=1S/C11H9NO3/c1-15-10(13)6-8-7-4-2-3-5-9(7)12-11(8)14/h2-6H,1H3,(H,12,14)/b8-6+. The molecule has 1 aliphatic rings. The quantitative estimate of drug-likeness (QED) is 0.551. The maximum atomic E-state index is 11.5. The molecular formula is C11H9NO3. The lowest BCUT2D eigenvalue weighted by molar-refractivity contribution is -0.134. The van der Waals surface area contributed by atoms with Gasteiger partial charge in [-0.3, -0.25) is 4.79 Å². The van der Waals surface area contributed by atoms with Crippen LogP contribution in [0.25, 0.3) is 5.57 Å². The van der Waals surface area contributed by atoms with Crippen LogP contribution < -0.4 is 5.32 Å². The molecule has 0 bridgehead atoms. The van der Waals surface area contributed by atoms with Crippen LogP contribution in [0.3, 0.4) is 0 Å². The summed E-state index contributed by atoms with van der Waals surface area (Å²) in [6.45, 7) is 0. The van der Waals surface area contributed by atoms with E-state index in [4.69, 9.17) is 0 Å². The highest BCUT2D eigenvalue weighted by Gasteiger charge is 2.24. The Hall–Kier alpha value is -2.10. The topological polar surface area (TPSA) is 55.4 Å². The first-order valence-electron chi connectivity index (χ1n) is 4.43. The number of rotatable bonds is 1. The third-order valence-electron chi connectivity index (χ3n) is 2.17. The van der Waals surface area contributed by atoms with Crippen molar-refractivity contribution in [3.63, 3.8) is 0 Å². The fourth-order valence-electron chi connectivity index (χ4n) is 1.46. The lowest BCUT2D eigenvalue weighted by Crippen LogP contribution is -2.06. The molecule has 0 radical (unpaired) electrons. The van der Waals surface area contributed by atoms with E-state index >= 15 is 0 Å². The SMILES string of the molecule is COC(=O)/C=C1/C(=O)Nc2ccccc21. The predicted molar refractivity (Wildman–Crippen MR) is 55.1 cm³/mol. The van der Waals surface area contributed by atoms with Crippen molar-refractivity contribution < 1.29 is 14.3 Å². The number of para-hydroxylation sites is 1. The van der Waals surface area contributed by atoms with Crippen LogP contribution in [-0.2, 0) is 14.3 Å². The van der Waals surface area contributed by atoms with Gasteiger partial charge in [-0.2, -0.15) is 0 Å². The van der Waals surface area contributed by atoms with Gasteiger partial charge in [-0.15, -0.1) is 0 Å². The van der Waals surface area contributed by atoms with E-state index in [0.29, 0.717) is 5.57 Å². The summed E-state index contributed by atoms with van der Waals surface area (Å²) in [4.78, 5) is 22.5. The molecular weight excluding hydrogens is 194 g/mol. The van der Waals surface area contributed by atoms with Gasteiger partial charge >= 0.3 is 5.97 Å². The van der Waals surface area contributed by atoms with Crippen molar-refractivity contribution in [2.75, 3.05) is 12.4 Å². The first kappa shape index (κ1) is 9.45. The van der Waals surface area contributed by atoms with Gasteiger partial charge in [0.15, 0.2) is 0 Å². The molecule has 1 aliphatic heterocycles. The Kier molecular flexibility index (Phi) is 2.25. The van der Waals surface area contributed by atoms with Gasteiger partial charge in [0.05, 0.1) is 12.7 Å². The highest BCUT2D eigenvalue weighted by Crippen LogP contribution is 2.30. The van der Waals surface area contributed by atoms with E-state index in [9.17, 15) is 9.59 Å². The van der Waals surface area contributed by atoms with E-state index in [2.05, 4.69) is 10.1 Å². The van der Waals surface area contributed by atoms with Gasteiger partial charge in [-0.1, -0.05) is 18.2 Å². The van der Waals surface area contributed by atoms with E-state index < -0.39 is 5.97 Å². The van der Waals surface area contributed by atoms with Crippen LogP contribution in [0.5, 0.6) is 0 Å². The van der Waals surface area contributed by atoms with Crippen LogP contribution in [0.1, 0.15) is 5.56 Å². The predicted octanol–water partition coefficient (Wildman–Crippen LogP) is 1.20. The summed E-state index contributed by atoms with van der Waals surface area (Å²) in [6, 6.07) is 7.19. The van der Waals surface area contributed by atoms with Gasteiger partial charge in [0, 0.05) is 17.3 Å². The summed E-state index contributed by atoms with van der Waals surface area (Å²) in [5.41, 5.74) is 1.79. The third kappa shape index (κ3) is 1.61. The van der Waals surface area contributed by atoms with Gasteiger partial charge in [-0.05, 0) is 6.07 Å². The fraction of sp³-hybridized carbons (Fsp3) is 0.0909. The molecule has 15 heavy (non-hydrogen) atoms. The van der Waals surface area contributed by atoms with Gasteiger partial charge < -0.3 is 10.1 Å². The summed E-state index contributed by atoms with van der Waals surface area (Å²) < 4.78 is 4.48. The second-order valence-corrected chi connectivity index (χ2v) is 3.08. The van der Waals surface area contributed by atoms with E-state index in [-0.39, 0.29) is 5.91 Å². The second kappa shape index (κ2) is 3.57. The zero-order valence-electron chi connectivity index (χ0n) is 8.11. The zero-order chi connectivity index (χ0) is 10.8. The van der Waals surface area contributed by atoms with E-state index in [0.717, 1.165) is 11.3 Å². The molecule has 1 aromatic carbocycles. The molecule has 76 valence electrons. The molecule has 0 atom stereocenters. The average molecular weight is 203 g/mol. The van der Waals surface area contributed by atoms with Gasteiger partial charge in [0.1, 0.15) is 0 Å². The zero-order valence-corrected chi connectivity index (χ0v) is 8.11. The summed E-state index contributed by atoms with van der Waals surface area (Å²) in [5.74, 6) is -0.807. The van der Waals surface area contributed by atoms with E-state index in [1.807, 2.05) is 12.1 Å². The number of fused-ring (bicyclic) bond motifs is 1. The molecule has 0 fully saturated rings. The van der Waals surface area contributed by atoms with Gasteiger partial charge in [0.2, 0.25) is 0 Å². The number of carbonyl (C=O) groups excluding carboxylic acids is 2. The summed E-state index contributed by atoms with van der Waals surface area (Å²) >= 11 is 0. The fourth-order valence-corrected chi connectivity index (χ4v) is 1.46. The van der Waals surface area contributed by atoms with Crippen LogP contribution in [0.15, 0.2) is 30.3 Å². The number of methoxy groups -OCH3 is 1. The van der Waals surface area contributed by atoms with Crippen molar-refractivity contribution in [1.29, 1.82) is 0 Å². The Morgan fingerprint density at radius 1 is 1.40 bits per heavy atom. The normalized spacial score (nSPS) is 16.1. The Morgan fingerprint density at radius 3 is 2.87 bits per heavy atom. The van der Waals surface area contributed by atoms with E-state index in [1.54, 1.807) is 12.1 Å². The average Bonchev–Trinajstić information content (AvgIpc) is 2.55. The number of hydrogen-bond acceptors (Lipinski definition) is 3. The third-order valence-corrected chi connectivity index (χ3v) is 2.17. The van der Waals surface area contributed by atoms with Gasteiger partial charge in [0.25, 0.3) is 5.91 Å². The first-order valence-corrected chi connectivity index (χ1v) is 4.43. The van der Waals surface area contributed by atoms with Crippen molar-refractivity contribution >= 4 is 23.1 Å². The second-order valence-electron chi connectivity index (χ2n) is 3.08. The Morgan fingerprint density at radius 2 is 2.13 bits per heavy atom. The number of benzene rings is 1. The molecule has 1 heterocycles. The van der Waals surface area contributed by atoms with Crippen LogP contribution in [0.2, 0.25) is 0 Å². The summed E-state index contributed by atoms with van der Waals surface area (Å²) in [7, 11) is 1.28. The number of nitrogens with one attached hydrogen (secondary N) is 1. The number of carbonyl (C=O) groups is 2. The van der Waals surface area contributed by atoms with Crippen molar-refractivity contribution in [3.8, 4) is 0 Å². The van der Waals surface area contributed by atoms with Crippen molar-refractivity contribution in [3.05, 3.63) is 35.9 Å². The molecule has 0 saturated heterocycles. The van der Waals surface area contributed by atoms with Crippen molar-refractivity contribution in [2.45, 2.75) is 0 Å². The molecule has 0 saturated carbocycles. The molecule has 0 unspecified atom stereocenters. The maximum absolute atomic E-state index is 11.5. The minimum absolute atomic E-state index is 0.276. The minimum Gasteiger partial charge on any atom is -0.466 e. The van der Waals surface area contributed by atoms with Crippen LogP contribution >= 0.6 is 0 Å². The number of esters is 1. The molecule has 0 aliphatic carbocycles. The summed E-state index contributed by atoms with van der Waals surface area (Å²) in [5, 5.41) is 2.66. The minimum atomic E-state index is -0.531.